The van der Waals surface area contributed by atoms with Gasteiger partial charge in [-0.3, -0.25) is 4.79 Å². The third-order valence-electron chi connectivity index (χ3n) is 4.68. The molecular formula is C15H26N2O2. The van der Waals surface area contributed by atoms with Crippen molar-refractivity contribution in [3.63, 3.8) is 0 Å². The molecule has 108 valence electrons. The molecule has 1 saturated carbocycles. The van der Waals surface area contributed by atoms with E-state index in [1.54, 1.807) is 0 Å². The number of piperidine rings is 1. The lowest BCUT2D eigenvalue weighted by molar-refractivity contribution is -0.133. The molecule has 2 saturated heterocycles. The molecule has 0 aromatic heterocycles. The second-order valence-electron chi connectivity index (χ2n) is 6.37. The molecule has 1 N–H and O–H groups in total. The van der Waals surface area contributed by atoms with Crippen molar-refractivity contribution in [2.24, 2.45) is 11.8 Å². The average Bonchev–Trinajstić information content (AvgIpc) is 3.31. The molecule has 3 aliphatic rings. The van der Waals surface area contributed by atoms with Crippen molar-refractivity contribution in [1.29, 1.82) is 0 Å². The molecule has 3 rings (SSSR count). The van der Waals surface area contributed by atoms with E-state index in [4.69, 9.17) is 4.74 Å². The quantitative estimate of drug-likeness (QED) is 0.836. The highest BCUT2D eigenvalue weighted by Gasteiger charge is 2.34. The van der Waals surface area contributed by atoms with Gasteiger partial charge in [0.25, 0.3) is 0 Å². The van der Waals surface area contributed by atoms with Crippen LogP contribution in [0.5, 0.6) is 0 Å². The zero-order valence-electron chi connectivity index (χ0n) is 11.8. The second-order valence-corrected chi connectivity index (χ2v) is 6.37. The molecule has 4 nitrogen and oxygen atoms in total. The van der Waals surface area contributed by atoms with Crippen LogP contribution in [0.15, 0.2) is 0 Å². The van der Waals surface area contributed by atoms with Crippen LogP contribution in [-0.4, -0.2) is 49.7 Å². The number of hydrogen-bond donors (Lipinski definition) is 1. The van der Waals surface area contributed by atoms with E-state index in [-0.39, 0.29) is 0 Å². The van der Waals surface area contributed by atoms with Gasteiger partial charge in [-0.2, -0.15) is 0 Å². The fourth-order valence-corrected chi connectivity index (χ4v) is 3.19. The summed E-state index contributed by atoms with van der Waals surface area (Å²) in [5, 5.41) is 3.68. The van der Waals surface area contributed by atoms with Crippen LogP contribution in [0.4, 0.5) is 0 Å². The van der Waals surface area contributed by atoms with Crippen LogP contribution in [-0.2, 0) is 9.53 Å². The van der Waals surface area contributed by atoms with Gasteiger partial charge in [0.2, 0.25) is 5.91 Å². The molecule has 0 bridgehead atoms. The van der Waals surface area contributed by atoms with Crippen molar-refractivity contribution in [3.05, 3.63) is 0 Å². The summed E-state index contributed by atoms with van der Waals surface area (Å²) in [7, 11) is 0. The normalized spacial score (nSPS) is 29.5. The summed E-state index contributed by atoms with van der Waals surface area (Å²) in [5.74, 6) is 1.49. The van der Waals surface area contributed by atoms with Gasteiger partial charge in [0.1, 0.15) is 0 Å². The molecule has 1 atom stereocenters. The van der Waals surface area contributed by atoms with Crippen molar-refractivity contribution in [3.8, 4) is 0 Å². The van der Waals surface area contributed by atoms with Gasteiger partial charge in [-0.25, -0.2) is 0 Å². The van der Waals surface area contributed by atoms with Crippen molar-refractivity contribution in [2.45, 2.75) is 44.6 Å². The Labute approximate surface area is 115 Å². The molecule has 0 aromatic rings. The highest BCUT2D eigenvalue weighted by atomic mass is 16.5. The second kappa shape index (κ2) is 6.23. The minimum Gasteiger partial charge on any atom is -0.381 e. The first-order valence-electron chi connectivity index (χ1n) is 7.93. The molecule has 19 heavy (non-hydrogen) atoms. The van der Waals surface area contributed by atoms with Crippen LogP contribution in [0.3, 0.4) is 0 Å². The lowest BCUT2D eigenvalue weighted by Crippen LogP contribution is -2.46. The van der Waals surface area contributed by atoms with E-state index in [2.05, 4.69) is 10.2 Å². The van der Waals surface area contributed by atoms with Gasteiger partial charge in [-0.05, 0) is 44.4 Å². The number of carbonyl (C=O) groups excluding carboxylic acids is 1. The largest absolute Gasteiger partial charge is 0.381 e. The van der Waals surface area contributed by atoms with Gasteiger partial charge in [-0.15, -0.1) is 0 Å². The minimum atomic E-state index is 0.379. The third kappa shape index (κ3) is 3.69. The SMILES string of the molecule is O=C(C1CC1)N1CCC(NCC2CCCOC2)CC1. The molecule has 3 fully saturated rings. The Morgan fingerprint density at radius 3 is 2.58 bits per heavy atom. The molecule has 1 aliphatic carbocycles. The number of ether oxygens (including phenoxy) is 1. The van der Waals surface area contributed by atoms with E-state index in [1.807, 2.05) is 0 Å². The van der Waals surface area contributed by atoms with Crippen LogP contribution < -0.4 is 5.32 Å². The van der Waals surface area contributed by atoms with E-state index in [9.17, 15) is 4.79 Å². The van der Waals surface area contributed by atoms with Crippen LogP contribution in [0.25, 0.3) is 0 Å². The van der Waals surface area contributed by atoms with E-state index >= 15 is 0 Å². The number of nitrogens with one attached hydrogen (secondary N) is 1. The molecule has 0 radical (unpaired) electrons. The summed E-state index contributed by atoms with van der Waals surface area (Å²) in [5.41, 5.74) is 0. The maximum Gasteiger partial charge on any atom is 0.225 e. The molecular weight excluding hydrogens is 240 g/mol. The lowest BCUT2D eigenvalue weighted by atomic mass is 10.00. The Hall–Kier alpha value is -0.610. The highest BCUT2D eigenvalue weighted by molar-refractivity contribution is 5.81. The van der Waals surface area contributed by atoms with Gasteiger partial charge >= 0.3 is 0 Å². The summed E-state index contributed by atoms with van der Waals surface area (Å²) in [6, 6.07) is 0.602. The fraction of sp³-hybridized carbons (Fsp3) is 0.933. The molecule has 1 unspecified atom stereocenters. The predicted molar refractivity (Wildman–Crippen MR) is 73.9 cm³/mol. The maximum atomic E-state index is 12.0. The van der Waals surface area contributed by atoms with Gasteiger partial charge in [-0.1, -0.05) is 0 Å². The summed E-state index contributed by atoms with van der Waals surface area (Å²) < 4.78 is 5.51. The first kappa shape index (κ1) is 13.4. The minimum absolute atomic E-state index is 0.379. The first-order chi connectivity index (χ1) is 9.33. The Morgan fingerprint density at radius 1 is 1.16 bits per heavy atom. The number of rotatable bonds is 4. The number of nitrogens with zero attached hydrogens (tertiary/aromatic N) is 1. The standard InChI is InChI=1S/C15H26N2O2/c18-15(13-3-4-13)17-7-5-14(6-8-17)16-10-12-2-1-9-19-11-12/h12-14,16H,1-11H2. The van der Waals surface area contributed by atoms with Crippen molar-refractivity contribution >= 4 is 5.91 Å². The molecule has 1 amide bonds. The molecule has 4 heteroatoms. The Kier molecular flexibility index (Phi) is 4.38. The van der Waals surface area contributed by atoms with Gasteiger partial charge in [0, 0.05) is 38.2 Å². The van der Waals surface area contributed by atoms with Gasteiger partial charge < -0.3 is 15.0 Å². The van der Waals surface area contributed by atoms with Crippen LogP contribution in [0, 0.1) is 11.8 Å². The van der Waals surface area contributed by atoms with Gasteiger partial charge in [0.15, 0.2) is 0 Å². The van der Waals surface area contributed by atoms with E-state index < -0.39 is 0 Å². The molecule has 2 aliphatic heterocycles. The Bertz CT molecular complexity index is 303. The smallest absolute Gasteiger partial charge is 0.225 e. The monoisotopic (exact) mass is 266 g/mol. The Morgan fingerprint density at radius 2 is 1.95 bits per heavy atom. The van der Waals surface area contributed by atoms with Crippen LogP contribution in [0.2, 0.25) is 0 Å². The van der Waals surface area contributed by atoms with Crippen LogP contribution >= 0.6 is 0 Å². The van der Waals surface area contributed by atoms with E-state index in [0.29, 0.717) is 23.8 Å². The predicted octanol–water partition coefficient (Wildman–Crippen LogP) is 1.40. The summed E-state index contributed by atoms with van der Waals surface area (Å²) >= 11 is 0. The Balaban J connectivity index is 1.34. The van der Waals surface area contributed by atoms with Crippen molar-refractivity contribution in [1.82, 2.24) is 10.2 Å². The molecule has 2 heterocycles. The summed E-state index contributed by atoms with van der Waals surface area (Å²) in [6.07, 6.45) is 6.99. The van der Waals surface area contributed by atoms with Crippen LogP contribution in [0.1, 0.15) is 38.5 Å². The number of amides is 1. The topological polar surface area (TPSA) is 41.6 Å². The summed E-state index contributed by atoms with van der Waals surface area (Å²) in [6.45, 7) is 4.85. The number of likely N-dealkylation sites (tertiary alicyclic amines) is 1. The highest BCUT2D eigenvalue weighted by Crippen LogP contribution is 2.31. The average molecular weight is 266 g/mol. The summed E-state index contributed by atoms with van der Waals surface area (Å²) in [4.78, 5) is 14.0. The van der Waals surface area contributed by atoms with Gasteiger partial charge in [0.05, 0.1) is 6.61 Å². The number of hydrogen-bond acceptors (Lipinski definition) is 3. The van der Waals surface area contributed by atoms with Crippen molar-refractivity contribution in [2.75, 3.05) is 32.8 Å². The first-order valence-corrected chi connectivity index (χ1v) is 7.93. The molecule has 0 aromatic carbocycles. The number of carbonyl (C=O) groups is 1. The fourth-order valence-electron chi connectivity index (χ4n) is 3.19. The zero-order valence-corrected chi connectivity index (χ0v) is 11.8. The van der Waals surface area contributed by atoms with E-state index in [1.165, 1.54) is 12.8 Å². The third-order valence-corrected chi connectivity index (χ3v) is 4.68. The lowest BCUT2D eigenvalue weighted by Gasteiger charge is -2.34. The van der Waals surface area contributed by atoms with E-state index in [0.717, 1.165) is 58.5 Å². The maximum absolute atomic E-state index is 12.0. The zero-order chi connectivity index (χ0) is 13.1. The molecule has 0 spiro atoms. The van der Waals surface area contributed by atoms with Crippen molar-refractivity contribution < 1.29 is 9.53 Å².